The molecule has 0 aliphatic rings. The van der Waals surface area contributed by atoms with Gasteiger partial charge in [-0.25, -0.2) is 13.2 Å². The van der Waals surface area contributed by atoms with Crippen molar-refractivity contribution in [3.05, 3.63) is 34.6 Å². The number of aliphatic hydroxyl groups excluding tert-OH is 1. The Kier molecular flexibility index (Phi) is 2.93. The molecular formula is C9H9F3O. The molecule has 0 aliphatic carbocycles. The predicted octanol–water partition coefficient (Wildman–Crippen LogP) is 1.95. The molecule has 1 nitrogen and oxygen atoms in total. The fourth-order valence-corrected chi connectivity index (χ4v) is 1.04. The molecule has 0 saturated carbocycles. The van der Waals surface area contributed by atoms with Crippen molar-refractivity contribution in [2.24, 2.45) is 0 Å². The summed E-state index contributed by atoms with van der Waals surface area (Å²) in [5, 5.41) is 8.48. The highest BCUT2D eigenvalue weighted by atomic mass is 19.2. The van der Waals surface area contributed by atoms with Crippen molar-refractivity contribution in [1.29, 1.82) is 0 Å². The topological polar surface area (TPSA) is 20.2 Å². The van der Waals surface area contributed by atoms with Crippen LogP contribution in [-0.2, 0) is 6.42 Å². The van der Waals surface area contributed by atoms with Gasteiger partial charge in [-0.05, 0) is 25.0 Å². The summed E-state index contributed by atoms with van der Waals surface area (Å²) in [5.74, 6) is -3.04. The number of rotatable bonds is 2. The molecular weight excluding hydrogens is 181 g/mol. The maximum Gasteiger partial charge on any atom is 0.164 e. The standard InChI is InChI=1S/C9H9F3O/c1-5-7(10)4-6(2-3-13)9(12)8(5)11/h4,13H,2-3H2,1H3. The number of halogens is 3. The van der Waals surface area contributed by atoms with Gasteiger partial charge < -0.3 is 5.11 Å². The lowest BCUT2D eigenvalue weighted by Crippen LogP contribution is -2.02. The van der Waals surface area contributed by atoms with E-state index in [1.165, 1.54) is 0 Å². The van der Waals surface area contributed by atoms with Crippen molar-refractivity contribution in [1.82, 2.24) is 0 Å². The van der Waals surface area contributed by atoms with E-state index in [1.807, 2.05) is 0 Å². The Morgan fingerprint density at radius 1 is 1.23 bits per heavy atom. The first-order chi connectivity index (χ1) is 6.07. The molecule has 0 amide bonds. The van der Waals surface area contributed by atoms with E-state index >= 15 is 0 Å². The zero-order chi connectivity index (χ0) is 10.0. The molecule has 0 atom stereocenters. The number of aliphatic hydroxyl groups is 1. The van der Waals surface area contributed by atoms with Crippen molar-refractivity contribution in [2.45, 2.75) is 13.3 Å². The normalized spacial score (nSPS) is 10.5. The molecule has 0 unspecified atom stereocenters. The Labute approximate surface area is 73.8 Å². The van der Waals surface area contributed by atoms with Crippen LogP contribution in [0.3, 0.4) is 0 Å². The smallest absolute Gasteiger partial charge is 0.164 e. The third kappa shape index (κ3) is 1.83. The lowest BCUT2D eigenvalue weighted by atomic mass is 10.1. The minimum absolute atomic E-state index is 0.0834. The molecule has 1 rings (SSSR count). The zero-order valence-corrected chi connectivity index (χ0v) is 7.07. The van der Waals surface area contributed by atoms with Gasteiger partial charge in [0.2, 0.25) is 0 Å². The van der Waals surface area contributed by atoms with Crippen LogP contribution in [0, 0.1) is 24.4 Å². The highest BCUT2D eigenvalue weighted by molar-refractivity contribution is 5.27. The Morgan fingerprint density at radius 3 is 2.38 bits per heavy atom. The second kappa shape index (κ2) is 3.79. The third-order valence-corrected chi connectivity index (χ3v) is 1.84. The van der Waals surface area contributed by atoms with Crippen LogP contribution in [0.25, 0.3) is 0 Å². The van der Waals surface area contributed by atoms with Crippen LogP contribution in [0.1, 0.15) is 11.1 Å². The van der Waals surface area contributed by atoms with E-state index in [0.29, 0.717) is 0 Å². The van der Waals surface area contributed by atoms with Crippen LogP contribution in [0.5, 0.6) is 0 Å². The molecule has 72 valence electrons. The van der Waals surface area contributed by atoms with Crippen molar-refractivity contribution in [3.8, 4) is 0 Å². The van der Waals surface area contributed by atoms with E-state index in [2.05, 4.69) is 0 Å². The predicted molar refractivity (Wildman–Crippen MR) is 41.8 cm³/mol. The molecule has 0 bridgehead atoms. The number of benzene rings is 1. The van der Waals surface area contributed by atoms with Gasteiger partial charge in [-0.15, -0.1) is 0 Å². The molecule has 0 aromatic heterocycles. The van der Waals surface area contributed by atoms with Crippen LogP contribution >= 0.6 is 0 Å². The van der Waals surface area contributed by atoms with E-state index in [4.69, 9.17) is 5.11 Å². The summed E-state index contributed by atoms with van der Waals surface area (Å²) in [6, 6.07) is 0.907. The molecule has 1 N–H and O–H groups in total. The van der Waals surface area contributed by atoms with E-state index in [1.54, 1.807) is 0 Å². The molecule has 0 fully saturated rings. The fourth-order valence-electron chi connectivity index (χ4n) is 1.04. The van der Waals surface area contributed by atoms with E-state index < -0.39 is 17.5 Å². The third-order valence-electron chi connectivity index (χ3n) is 1.84. The monoisotopic (exact) mass is 190 g/mol. The summed E-state index contributed by atoms with van der Waals surface area (Å²) >= 11 is 0. The summed E-state index contributed by atoms with van der Waals surface area (Å²) in [6.45, 7) is 0.829. The van der Waals surface area contributed by atoms with Gasteiger partial charge in [0.15, 0.2) is 11.6 Å². The highest BCUT2D eigenvalue weighted by Gasteiger charge is 2.14. The summed E-state index contributed by atoms with van der Waals surface area (Å²) in [7, 11) is 0. The van der Waals surface area contributed by atoms with Crippen molar-refractivity contribution < 1.29 is 18.3 Å². The number of hydrogen-bond donors (Lipinski definition) is 1. The summed E-state index contributed by atoms with van der Waals surface area (Å²) < 4.78 is 38.7. The van der Waals surface area contributed by atoms with Gasteiger partial charge in [-0.1, -0.05) is 0 Å². The maximum absolute atomic E-state index is 13.0. The van der Waals surface area contributed by atoms with Gasteiger partial charge >= 0.3 is 0 Å². The number of hydrogen-bond acceptors (Lipinski definition) is 1. The molecule has 13 heavy (non-hydrogen) atoms. The molecule has 1 aromatic carbocycles. The van der Waals surface area contributed by atoms with Crippen LogP contribution in [0.2, 0.25) is 0 Å². The average Bonchev–Trinajstić information content (AvgIpc) is 2.11. The first-order valence-electron chi connectivity index (χ1n) is 3.81. The fraction of sp³-hybridized carbons (Fsp3) is 0.333. The van der Waals surface area contributed by atoms with Crippen molar-refractivity contribution in [2.75, 3.05) is 6.61 Å². The maximum atomic E-state index is 13.0. The summed E-state index contributed by atoms with van der Waals surface area (Å²) in [4.78, 5) is 0. The zero-order valence-electron chi connectivity index (χ0n) is 7.07. The molecule has 0 heterocycles. The van der Waals surface area contributed by atoms with Crippen LogP contribution in [0.4, 0.5) is 13.2 Å². The minimum Gasteiger partial charge on any atom is -0.396 e. The van der Waals surface area contributed by atoms with Crippen LogP contribution in [-0.4, -0.2) is 11.7 Å². The lowest BCUT2D eigenvalue weighted by molar-refractivity contribution is 0.296. The highest BCUT2D eigenvalue weighted by Crippen LogP contribution is 2.19. The summed E-state index contributed by atoms with van der Waals surface area (Å²) in [6.07, 6.45) is -0.0834. The van der Waals surface area contributed by atoms with Gasteiger partial charge in [-0.3, -0.25) is 0 Å². The van der Waals surface area contributed by atoms with Gasteiger partial charge in [-0.2, -0.15) is 0 Å². The second-order valence-electron chi connectivity index (χ2n) is 2.74. The average molecular weight is 190 g/mol. The van der Waals surface area contributed by atoms with Gasteiger partial charge in [0.25, 0.3) is 0 Å². The Morgan fingerprint density at radius 2 is 1.85 bits per heavy atom. The lowest BCUT2D eigenvalue weighted by Gasteiger charge is -2.05. The molecule has 0 saturated heterocycles. The van der Waals surface area contributed by atoms with Crippen molar-refractivity contribution >= 4 is 0 Å². The first kappa shape index (κ1) is 10.1. The molecule has 4 heteroatoms. The van der Waals surface area contributed by atoms with E-state index in [-0.39, 0.29) is 24.2 Å². The minimum atomic E-state index is -1.18. The molecule has 0 aliphatic heterocycles. The van der Waals surface area contributed by atoms with Gasteiger partial charge in [0.1, 0.15) is 5.82 Å². The van der Waals surface area contributed by atoms with Crippen molar-refractivity contribution in [3.63, 3.8) is 0 Å². The SMILES string of the molecule is Cc1c(F)cc(CCO)c(F)c1F. The van der Waals surface area contributed by atoms with Gasteiger partial charge in [0, 0.05) is 12.2 Å². The molecule has 0 spiro atoms. The Bertz CT molecular complexity index is 323. The van der Waals surface area contributed by atoms with Gasteiger partial charge in [0.05, 0.1) is 0 Å². The molecule has 0 radical (unpaired) electrons. The quantitative estimate of drug-likeness (QED) is 0.706. The van der Waals surface area contributed by atoms with Crippen LogP contribution < -0.4 is 0 Å². The molecule has 1 aromatic rings. The van der Waals surface area contributed by atoms with Crippen LogP contribution in [0.15, 0.2) is 6.07 Å². The largest absolute Gasteiger partial charge is 0.396 e. The Hall–Kier alpha value is -1.03. The first-order valence-corrected chi connectivity index (χ1v) is 3.81. The second-order valence-corrected chi connectivity index (χ2v) is 2.74. The summed E-state index contributed by atoms with van der Waals surface area (Å²) in [5.41, 5.74) is -0.470. The Balaban J connectivity index is 3.24. The van der Waals surface area contributed by atoms with E-state index in [0.717, 1.165) is 13.0 Å². The van der Waals surface area contributed by atoms with E-state index in [9.17, 15) is 13.2 Å².